The van der Waals surface area contributed by atoms with Crippen molar-refractivity contribution in [3.05, 3.63) is 35.5 Å². The van der Waals surface area contributed by atoms with E-state index in [-0.39, 0.29) is 23.2 Å². The second-order valence-corrected chi connectivity index (χ2v) is 8.13. The Balaban J connectivity index is 2.01. The standard InChI is InChI=1S/C16H19N5O2S/c1-3-20(13-8-9-24(22,23)11-13)16-14(10-17)18-21(19-16)15-7-5-4-6-12(15)2/h4-7,13H,3,8-9,11H2,1-2H3. The zero-order chi connectivity index (χ0) is 17.3. The molecule has 3 rings (SSSR count). The highest BCUT2D eigenvalue weighted by Gasteiger charge is 2.34. The first kappa shape index (κ1) is 16.5. The van der Waals surface area contributed by atoms with Crippen LogP contribution in [0.2, 0.25) is 0 Å². The number of para-hydroxylation sites is 1. The molecule has 24 heavy (non-hydrogen) atoms. The lowest BCUT2D eigenvalue weighted by Crippen LogP contribution is -2.37. The normalized spacial score (nSPS) is 19.1. The Morgan fingerprint density at radius 1 is 1.38 bits per heavy atom. The first-order chi connectivity index (χ1) is 11.4. The molecule has 2 heterocycles. The summed E-state index contributed by atoms with van der Waals surface area (Å²) in [6.45, 7) is 4.45. The van der Waals surface area contributed by atoms with Gasteiger partial charge >= 0.3 is 0 Å². The van der Waals surface area contributed by atoms with Crippen molar-refractivity contribution >= 4 is 15.7 Å². The van der Waals surface area contributed by atoms with E-state index in [9.17, 15) is 13.7 Å². The number of hydrogen-bond donors (Lipinski definition) is 0. The van der Waals surface area contributed by atoms with E-state index in [2.05, 4.69) is 16.3 Å². The minimum absolute atomic E-state index is 0.100. The van der Waals surface area contributed by atoms with Crippen LogP contribution in [0.5, 0.6) is 0 Å². The summed E-state index contributed by atoms with van der Waals surface area (Å²) >= 11 is 0. The average Bonchev–Trinajstić information content (AvgIpc) is 3.12. The molecule has 8 heteroatoms. The predicted octanol–water partition coefficient (Wildman–Crippen LogP) is 1.46. The lowest BCUT2D eigenvalue weighted by molar-refractivity contribution is 0.599. The maximum Gasteiger partial charge on any atom is 0.207 e. The van der Waals surface area contributed by atoms with Crippen molar-refractivity contribution in [3.63, 3.8) is 0 Å². The van der Waals surface area contributed by atoms with Gasteiger partial charge in [0.25, 0.3) is 0 Å². The largest absolute Gasteiger partial charge is 0.349 e. The number of hydrogen-bond acceptors (Lipinski definition) is 6. The number of rotatable bonds is 4. The van der Waals surface area contributed by atoms with Crippen LogP contribution in [0, 0.1) is 18.3 Å². The number of anilines is 1. The van der Waals surface area contributed by atoms with Gasteiger partial charge in [0.15, 0.2) is 15.7 Å². The van der Waals surface area contributed by atoms with Gasteiger partial charge < -0.3 is 4.90 Å². The first-order valence-corrected chi connectivity index (χ1v) is 9.68. The van der Waals surface area contributed by atoms with E-state index < -0.39 is 9.84 Å². The third-order valence-electron chi connectivity index (χ3n) is 4.29. The quantitative estimate of drug-likeness (QED) is 0.833. The summed E-state index contributed by atoms with van der Waals surface area (Å²) in [4.78, 5) is 3.33. The van der Waals surface area contributed by atoms with Crippen molar-refractivity contribution < 1.29 is 8.42 Å². The Hall–Kier alpha value is -2.40. The van der Waals surface area contributed by atoms with Crippen LogP contribution in [0.1, 0.15) is 24.6 Å². The molecule has 1 aromatic carbocycles. The highest BCUT2D eigenvalue weighted by molar-refractivity contribution is 7.91. The van der Waals surface area contributed by atoms with E-state index in [4.69, 9.17) is 0 Å². The highest BCUT2D eigenvalue weighted by atomic mass is 32.2. The molecular weight excluding hydrogens is 326 g/mol. The van der Waals surface area contributed by atoms with Crippen molar-refractivity contribution in [3.8, 4) is 11.8 Å². The van der Waals surface area contributed by atoms with Crippen LogP contribution in [0.3, 0.4) is 0 Å². The summed E-state index contributed by atoms with van der Waals surface area (Å²) in [5, 5.41) is 18.2. The fraction of sp³-hybridized carbons (Fsp3) is 0.438. The second kappa shape index (κ2) is 6.24. The van der Waals surface area contributed by atoms with E-state index in [0.717, 1.165) is 11.3 Å². The number of aromatic nitrogens is 3. The fourth-order valence-corrected chi connectivity index (χ4v) is 4.79. The molecule has 1 atom stereocenters. The fourth-order valence-electron chi connectivity index (χ4n) is 3.06. The number of nitriles is 1. The highest BCUT2D eigenvalue weighted by Crippen LogP contribution is 2.25. The molecule has 0 saturated carbocycles. The summed E-state index contributed by atoms with van der Waals surface area (Å²) in [7, 11) is -3.01. The molecule has 0 radical (unpaired) electrons. The zero-order valence-corrected chi connectivity index (χ0v) is 14.5. The minimum atomic E-state index is -3.01. The van der Waals surface area contributed by atoms with Gasteiger partial charge in [-0.1, -0.05) is 18.2 Å². The van der Waals surface area contributed by atoms with Gasteiger partial charge in [-0.15, -0.1) is 15.0 Å². The molecule has 1 unspecified atom stereocenters. The average molecular weight is 345 g/mol. The summed E-state index contributed by atoms with van der Waals surface area (Å²) < 4.78 is 23.6. The molecule has 7 nitrogen and oxygen atoms in total. The number of benzene rings is 1. The van der Waals surface area contributed by atoms with Gasteiger partial charge in [-0.2, -0.15) is 5.26 Å². The Morgan fingerprint density at radius 3 is 2.71 bits per heavy atom. The van der Waals surface area contributed by atoms with Crippen LogP contribution < -0.4 is 4.90 Å². The summed E-state index contributed by atoms with van der Waals surface area (Å²) in [5.41, 5.74) is 2.01. The molecule has 1 aliphatic heterocycles. The monoisotopic (exact) mass is 345 g/mol. The van der Waals surface area contributed by atoms with Gasteiger partial charge in [0.1, 0.15) is 6.07 Å². The molecule has 0 aliphatic carbocycles. The zero-order valence-electron chi connectivity index (χ0n) is 13.7. The molecule has 0 bridgehead atoms. The molecule has 0 amide bonds. The third-order valence-corrected chi connectivity index (χ3v) is 6.05. The lowest BCUT2D eigenvalue weighted by atomic mass is 10.2. The van der Waals surface area contributed by atoms with Crippen molar-refractivity contribution in [2.24, 2.45) is 0 Å². The molecule has 0 spiro atoms. The van der Waals surface area contributed by atoms with Gasteiger partial charge in [-0.05, 0) is 31.9 Å². The van der Waals surface area contributed by atoms with E-state index >= 15 is 0 Å². The van der Waals surface area contributed by atoms with Crippen molar-refractivity contribution in [2.75, 3.05) is 23.0 Å². The van der Waals surface area contributed by atoms with Gasteiger partial charge in [0.2, 0.25) is 5.69 Å². The van der Waals surface area contributed by atoms with E-state index in [1.807, 2.05) is 43.0 Å². The summed E-state index contributed by atoms with van der Waals surface area (Å²) in [6.07, 6.45) is 0.554. The Labute approximate surface area is 141 Å². The van der Waals surface area contributed by atoms with Crippen LogP contribution in [-0.2, 0) is 9.84 Å². The van der Waals surface area contributed by atoms with Gasteiger partial charge in [0, 0.05) is 12.6 Å². The first-order valence-electron chi connectivity index (χ1n) is 7.85. The summed E-state index contributed by atoms with van der Waals surface area (Å²) in [6, 6.07) is 9.57. The van der Waals surface area contributed by atoms with Crippen molar-refractivity contribution in [1.82, 2.24) is 15.0 Å². The molecule has 2 aromatic rings. The predicted molar refractivity (Wildman–Crippen MR) is 90.9 cm³/mol. The van der Waals surface area contributed by atoms with Crippen LogP contribution in [0.4, 0.5) is 5.82 Å². The van der Waals surface area contributed by atoms with E-state index in [1.165, 1.54) is 4.80 Å². The van der Waals surface area contributed by atoms with Gasteiger partial charge in [0.05, 0.1) is 17.2 Å². The Bertz CT molecular complexity index is 897. The van der Waals surface area contributed by atoms with E-state index in [1.54, 1.807) is 0 Å². The number of nitrogens with zero attached hydrogens (tertiary/aromatic N) is 5. The Kier molecular flexibility index (Phi) is 4.28. The second-order valence-electron chi connectivity index (χ2n) is 5.90. The van der Waals surface area contributed by atoms with E-state index in [0.29, 0.717) is 18.8 Å². The topological polar surface area (TPSA) is 91.9 Å². The van der Waals surface area contributed by atoms with Crippen LogP contribution >= 0.6 is 0 Å². The SMILES string of the molecule is CCN(c1nn(-c2ccccc2C)nc1C#N)C1CCS(=O)(=O)C1. The number of sulfone groups is 1. The third kappa shape index (κ3) is 2.99. The maximum atomic E-state index is 11.8. The Morgan fingerprint density at radius 2 is 2.12 bits per heavy atom. The summed E-state index contributed by atoms with van der Waals surface area (Å²) in [5.74, 6) is 0.732. The van der Waals surface area contributed by atoms with Crippen LogP contribution in [0.15, 0.2) is 24.3 Å². The van der Waals surface area contributed by atoms with Crippen molar-refractivity contribution in [1.29, 1.82) is 5.26 Å². The van der Waals surface area contributed by atoms with Crippen LogP contribution in [0.25, 0.3) is 5.69 Å². The maximum absolute atomic E-state index is 11.8. The van der Waals surface area contributed by atoms with Crippen LogP contribution in [-0.4, -0.2) is 47.5 Å². The number of aryl methyl sites for hydroxylation is 1. The molecule has 1 fully saturated rings. The lowest BCUT2D eigenvalue weighted by Gasteiger charge is -2.26. The molecular formula is C16H19N5O2S. The van der Waals surface area contributed by atoms with Gasteiger partial charge in [-0.3, -0.25) is 0 Å². The minimum Gasteiger partial charge on any atom is -0.349 e. The van der Waals surface area contributed by atoms with Gasteiger partial charge in [-0.25, -0.2) is 8.42 Å². The molecule has 1 aliphatic rings. The molecule has 1 saturated heterocycles. The smallest absolute Gasteiger partial charge is 0.207 e. The molecule has 126 valence electrons. The van der Waals surface area contributed by atoms with Crippen molar-refractivity contribution in [2.45, 2.75) is 26.3 Å². The molecule has 0 N–H and O–H groups in total. The molecule has 1 aromatic heterocycles.